The Labute approximate surface area is 121 Å². The van der Waals surface area contributed by atoms with Crippen LogP contribution in [0.5, 0.6) is 0 Å². The number of nitrogens with zero attached hydrogens (tertiary/aromatic N) is 2. The Morgan fingerprint density at radius 2 is 2.05 bits per heavy atom. The average molecular weight is 307 g/mol. The summed E-state index contributed by atoms with van der Waals surface area (Å²) < 4.78 is 38.0. The van der Waals surface area contributed by atoms with Crippen LogP contribution in [-0.2, 0) is 13.0 Å². The molecule has 0 aliphatic heterocycles. The number of hydrogen-bond donors (Lipinski definition) is 1. The summed E-state index contributed by atoms with van der Waals surface area (Å²) in [6.45, 7) is 5.07. The molecule has 0 unspecified atom stereocenters. The first-order valence-corrected chi connectivity index (χ1v) is 7.82. The molecule has 0 bridgehead atoms. The first-order chi connectivity index (χ1) is 9.37. The predicted octanol–water partition coefficient (Wildman–Crippen LogP) is 3.05. The number of hydrogen-bond acceptors (Lipinski definition) is 3. The van der Waals surface area contributed by atoms with E-state index in [0.717, 1.165) is 29.9 Å². The maximum atomic E-state index is 12.1. The summed E-state index contributed by atoms with van der Waals surface area (Å²) in [5.41, 5.74) is -1.08. The SMILES string of the molecule is Cc1nn(CCSC(F)(F)F)c(C)c1CCNC1CC1. The molecule has 3 nitrogen and oxygen atoms in total. The third kappa shape index (κ3) is 4.70. The van der Waals surface area contributed by atoms with Gasteiger partial charge in [0.2, 0.25) is 0 Å². The molecule has 20 heavy (non-hydrogen) atoms. The van der Waals surface area contributed by atoms with Crippen LogP contribution in [0.2, 0.25) is 0 Å². The van der Waals surface area contributed by atoms with Crippen molar-refractivity contribution in [3.05, 3.63) is 17.0 Å². The Bertz CT molecular complexity index is 452. The fourth-order valence-corrected chi connectivity index (χ4v) is 2.75. The first-order valence-electron chi connectivity index (χ1n) is 6.84. The van der Waals surface area contributed by atoms with Crippen LogP contribution in [0.25, 0.3) is 0 Å². The number of nitrogens with one attached hydrogen (secondary N) is 1. The number of aryl methyl sites for hydroxylation is 2. The van der Waals surface area contributed by atoms with Gasteiger partial charge in [-0.05, 0) is 57.0 Å². The number of rotatable bonds is 7. The van der Waals surface area contributed by atoms with E-state index in [9.17, 15) is 13.2 Å². The standard InChI is InChI=1S/C13H20F3N3S/c1-9-12(5-6-17-11-3-4-11)10(2)19(18-9)7-8-20-13(14,15)16/h11,17H,3-8H2,1-2H3. The van der Waals surface area contributed by atoms with Crippen molar-refractivity contribution in [2.24, 2.45) is 0 Å². The lowest BCUT2D eigenvalue weighted by Gasteiger charge is -2.08. The zero-order valence-electron chi connectivity index (χ0n) is 11.8. The van der Waals surface area contributed by atoms with E-state index < -0.39 is 5.51 Å². The minimum atomic E-state index is -4.16. The zero-order chi connectivity index (χ0) is 14.8. The van der Waals surface area contributed by atoms with E-state index >= 15 is 0 Å². The average Bonchev–Trinajstić information content (AvgIpc) is 3.10. The monoisotopic (exact) mass is 307 g/mol. The van der Waals surface area contributed by atoms with Gasteiger partial charge in [0, 0.05) is 17.5 Å². The second-order valence-corrected chi connectivity index (χ2v) is 6.30. The fraction of sp³-hybridized carbons (Fsp3) is 0.769. The molecule has 1 aliphatic carbocycles. The molecule has 0 aromatic carbocycles. The Kier molecular flexibility index (Phi) is 5.01. The van der Waals surface area contributed by atoms with Crippen molar-refractivity contribution in [1.29, 1.82) is 0 Å². The highest BCUT2D eigenvalue weighted by Crippen LogP contribution is 2.30. The van der Waals surface area contributed by atoms with E-state index in [0.29, 0.717) is 12.6 Å². The summed E-state index contributed by atoms with van der Waals surface area (Å²) >= 11 is 0.00908. The van der Waals surface area contributed by atoms with Gasteiger partial charge in [-0.3, -0.25) is 4.68 Å². The van der Waals surface area contributed by atoms with Crippen LogP contribution in [0.1, 0.15) is 29.8 Å². The van der Waals surface area contributed by atoms with Gasteiger partial charge in [0.1, 0.15) is 0 Å². The lowest BCUT2D eigenvalue weighted by Crippen LogP contribution is -2.19. The van der Waals surface area contributed by atoms with Crippen LogP contribution < -0.4 is 5.32 Å². The van der Waals surface area contributed by atoms with E-state index in [1.54, 1.807) is 4.68 Å². The van der Waals surface area contributed by atoms with Crippen molar-refractivity contribution in [3.8, 4) is 0 Å². The molecular formula is C13H20F3N3S. The molecule has 7 heteroatoms. The molecule has 114 valence electrons. The molecule has 0 saturated heterocycles. The summed E-state index contributed by atoms with van der Waals surface area (Å²) in [6.07, 6.45) is 3.40. The number of aromatic nitrogens is 2. The molecule has 1 aromatic rings. The third-order valence-electron chi connectivity index (χ3n) is 3.49. The van der Waals surface area contributed by atoms with E-state index in [2.05, 4.69) is 10.4 Å². The van der Waals surface area contributed by atoms with Gasteiger partial charge in [0.05, 0.1) is 12.2 Å². The summed E-state index contributed by atoms with van der Waals surface area (Å²) in [4.78, 5) is 0. The van der Waals surface area contributed by atoms with E-state index in [1.165, 1.54) is 12.8 Å². The smallest absolute Gasteiger partial charge is 0.314 e. The second-order valence-electron chi connectivity index (χ2n) is 5.15. The lowest BCUT2D eigenvalue weighted by atomic mass is 10.1. The third-order valence-corrected chi connectivity index (χ3v) is 4.20. The molecule has 2 rings (SSSR count). The molecule has 1 N–H and O–H groups in total. The largest absolute Gasteiger partial charge is 0.441 e. The van der Waals surface area contributed by atoms with Crippen molar-refractivity contribution in [3.63, 3.8) is 0 Å². The summed E-state index contributed by atoms with van der Waals surface area (Å²) in [5.74, 6) is 0.00518. The molecule has 1 aliphatic rings. The van der Waals surface area contributed by atoms with Crippen LogP contribution in [0, 0.1) is 13.8 Å². The van der Waals surface area contributed by atoms with Crippen LogP contribution in [0.4, 0.5) is 13.2 Å². The molecule has 0 amide bonds. The van der Waals surface area contributed by atoms with Gasteiger partial charge in [-0.2, -0.15) is 18.3 Å². The van der Waals surface area contributed by atoms with Gasteiger partial charge in [-0.25, -0.2) is 0 Å². The Morgan fingerprint density at radius 1 is 1.35 bits per heavy atom. The van der Waals surface area contributed by atoms with Crippen LogP contribution in [0.15, 0.2) is 0 Å². The minimum absolute atomic E-state index is 0.00518. The summed E-state index contributed by atoms with van der Waals surface area (Å²) in [6, 6.07) is 0.675. The first kappa shape index (κ1) is 15.7. The van der Waals surface area contributed by atoms with E-state index in [-0.39, 0.29) is 17.5 Å². The van der Waals surface area contributed by atoms with Crippen LogP contribution >= 0.6 is 11.8 Å². The topological polar surface area (TPSA) is 29.9 Å². The maximum Gasteiger partial charge on any atom is 0.441 e. The number of alkyl halides is 3. The number of thioether (sulfide) groups is 1. The molecule has 0 radical (unpaired) electrons. The van der Waals surface area contributed by atoms with E-state index in [4.69, 9.17) is 0 Å². The van der Waals surface area contributed by atoms with Crippen molar-refractivity contribution in [1.82, 2.24) is 15.1 Å². The molecule has 1 fully saturated rings. The summed E-state index contributed by atoms with van der Waals surface area (Å²) in [5, 5.41) is 7.79. The quantitative estimate of drug-likeness (QED) is 0.840. The highest BCUT2D eigenvalue weighted by Gasteiger charge is 2.27. The normalized spacial score (nSPS) is 15.8. The van der Waals surface area contributed by atoms with Crippen molar-refractivity contribution in [2.75, 3.05) is 12.3 Å². The molecule has 1 heterocycles. The predicted molar refractivity (Wildman–Crippen MR) is 74.9 cm³/mol. The lowest BCUT2D eigenvalue weighted by molar-refractivity contribution is -0.0328. The molecular weight excluding hydrogens is 287 g/mol. The van der Waals surface area contributed by atoms with E-state index in [1.807, 2.05) is 13.8 Å². The summed E-state index contributed by atoms with van der Waals surface area (Å²) in [7, 11) is 0. The van der Waals surface area contributed by atoms with Crippen molar-refractivity contribution < 1.29 is 13.2 Å². The Balaban J connectivity index is 1.86. The van der Waals surface area contributed by atoms with Crippen molar-refractivity contribution in [2.45, 2.75) is 51.2 Å². The maximum absolute atomic E-state index is 12.1. The second kappa shape index (κ2) is 6.39. The molecule has 1 saturated carbocycles. The fourth-order valence-electron chi connectivity index (χ4n) is 2.25. The van der Waals surface area contributed by atoms with Gasteiger partial charge in [0.25, 0.3) is 0 Å². The highest BCUT2D eigenvalue weighted by molar-refractivity contribution is 8.00. The minimum Gasteiger partial charge on any atom is -0.314 e. The number of halogens is 3. The molecule has 0 spiro atoms. The molecule has 0 atom stereocenters. The zero-order valence-corrected chi connectivity index (χ0v) is 12.6. The Hall–Kier alpha value is -0.690. The van der Waals surface area contributed by atoms with Gasteiger partial charge < -0.3 is 5.32 Å². The van der Waals surface area contributed by atoms with Crippen LogP contribution in [-0.4, -0.2) is 33.6 Å². The van der Waals surface area contributed by atoms with Crippen LogP contribution in [0.3, 0.4) is 0 Å². The Morgan fingerprint density at radius 3 is 2.65 bits per heavy atom. The van der Waals surface area contributed by atoms with Gasteiger partial charge in [-0.1, -0.05) is 0 Å². The van der Waals surface area contributed by atoms with Gasteiger partial charge in [-0.15, -0.1) is 0 Å². The highest BCUT2D eigenvalue weighted by atomic mass is 32.2. The molecule has 1 aromatic heterocycles. The van der Waals surface area contributed by atoms with Gasteiger partial charge >= 0.3 is 5.51 Å². The van der Waals surface area contributed by atoms with Gasteiger partial charge in [0.15, 0.2) is 0 Å². The van der Waals surface area contributed by atoms with Crippen molar-refractivity contribution >= 4 is 11.8 Å².